The summed E-state index contributed by atoms with van der Waals surface area (Å²) in [4.78, 5) is 30.1. The number of ether oxygens (including phenoxy) is 1. The maximum Gasteiger partial charge on any atom is 0.416 e. The predicted molar refractivity (Wildman–Crippen MR) is 89.7 cm³/mol. The number of amides is 1. The monoisotopic (exact) mass is 353 g/mol. The Kier molecular flexibility index (Phi) is 4.09. The summed E-state index contributed by atoms with van der Waals surface area (Å²) in [6, 6.07) is 1.84. The van der Waals surface area contributed by atoms with Gasteiger partial charge in [-0.15, -0.1) is 0 Å². The number of anilines is 2. The first kappa shape index (κ1) is 15.9. The van der Waals surface area contributed by atoms with E-state index in [0.717, 1.165) is 11.4 Å². The molecule has 0 unspecified atom stereocenters. The third kappa shape index (κ3) is 3.27. The van der Waals surface area contributed by atoms with E-state index in [1.165, 1.54) is 4.90 Å². The Hall–Kier alpha value is -3.63. The minimum atomic E-state index is -0.453. The molecular weight excluding hydrogens is 338 g/mol. The van der Waals surface area contributed by atoms with Gasteiger partial charge in [-0.1, -0.05) is 0 Å². The second kappa shape index (κ2) is 6.70. The van der Waals surface area contributed by atoms with Crippen molar-refractivity contribution < 1.29 is 9.53 Å². The lowest BCUT2D eigenvalue weighted by molar-refractivity contribution is 0.181. The number of aromatic nitrogens is 7. The summed E-state index contributed by atoms with van der Waals surface area (Å²) in [7, 11) is 0. The first-order valence-corrected chi connectivity index (χ1v) is 7.90. The molecule has 1 N–H and O–H groups in total. The Morgan fingerprint density at radius 3 is 2.96 bits per heavy atom. The molecule has 11 heteroatoms. The van der Waals surface area contributed by atoms with Gasteiger partial charge in [0.2, 0.25) is 11.9 Å². The molecule has 1 fully saturated rings. The topological polar surface area (TPSA) is 124 Å². The van der Waals surface area contributed by atoms with Crippen LogP contribution in [-0.2, 0) is 11.3 Å². The number of carbonyl (C=O) groups excluding carboxylic acids is 1. The van der Waals surface area contributed by atoms with E-state index in [2.05, 4.69) is 35.5 Å². The largest absolute Gasteiger partial charge is 0.447 e. The van der Waals surface area contributed by atoms with Crippen LogP contribution < -0.4 is 10.2 Å². The average Bonchev–Trinajstić information content (AvgIpc) is 3.29. The first-order valence-electron chi connectivity index (χ1n) is 7.90. The highest BCUT2D eigenvalue weighted by atomic mass is 16.6. The molecular formula is C15H15N9O2. The minimum Gasteiger partial charge on any atom is -0.447 e. The van der Waals surface area contributed by atoms with Crippen LogP contribution in [0.15, 0.2) is 31.0 Å². The van der Waals surface area contributed by atoms with Crippen molar-refractivity contribution in [3.8, 4) is 5.69 Å². The maximum atomic E-state index is 11.7. The molecule has 4 rings (SSSR count). The van der Waals surface area contributed by atoms with Gasteiger partial charge in [0.25, 0.3) is 0 Å². The Balaban J connectivity index is 1.47. The number of hydrogen-bond acceptors (Lipinski definition) is 9. The number of rotatable bonds is 5. The van der Waals surface area contributed by atoms with Gasteiger partial charge in [-0.3, -0.25) is 0 Å². The predicted octanol–water partition coefficient (Wildman–Crippen LogP) is 0.724. The normalized spacial score (nSPS) is 13.7. The van der Waals surface area contributed by atoms with Crippen molar-refractivity contribution >= 4 is 18.0 Å². The van der Waals surface area contributed by atoms with Crippen LogP contribution in [0.4, 0.5) is 16.7 Å². The molecule has 0 radical (unpaired) electrons. The second-order valence-electron chi connectivity index (χ2n) is 5.50. The maximum absolute atomic E-state index is 11.7. The second-order valence-corrected chi connectivity index (χ2v) is 5.50. The van der Waals surface area contributed by atoms with Gasteiger partial charge in [-0.25, -0.2) is 14.7 Å². The number of carbonyl (C=O) groups is 1. The molecule has 11 nitrogen and oxygen atoms in total. The summed E-state index contributed by atoms with van der Waals surface area (Å²) >= 11 is 0. The third-order valence-corrected chi connectivity index (χ3v) is 3.67. The van der Waals surface area contributed by atoms with Crippen molar-refractivity contribution in [3.63, 3.8) is 0 Å². The van der Waals surface area contributed by atoms with Crippen LogP contribution in [0, 0.1) is 6.92 Å². The van der Waals surface area contributed by atoms with Crippen molar-refractivity contribution in [1.82, 2.24) is 34.7 Å². The minimum absolute atomic E-state index is 0.274. The molecule has 1 amide bonds. The van der Waals surface area contributed by atoms with Crippen LogP contribution in [-0.4, -0.2) is 53.9 Å². The molecule has 3 aromatic rings. The molecule has 0 saturated carbocycles. The van der Waals surface area contributed by atoms with Crippen LogP contribution in [0.2, 0.25) is 0 Å². The molecule has 4 heterocycles. The Labute approximate surface area is 148 Å². The molecule has 0 aliphatic carbocycles. The van der Waals surface area contributed by atoms with E-state index in [-0.39, 0.29) is 5.95 Å². The van der Waals surface area contributed by atoms with E-state index >= 15 is 0 Å². The fourth-order valence-corrected chi connectivity index (χ4v) is 2.44. The van der Waals surface area contributed by atoms with Crippen molar-refractivity contribution in [3.05, 3.63) is 42.5 Å². The summed E-state index contributed by atoms with van der Waals surface area (Å²) in [6.45, 7) is 2.90. The fourth-order valence-electron chi connectivity index (χ4n) is 2.44. The Morgan fingerprint density at radius 2 is 2.19 bits per heavy atom. The van der Waals surface area contributed by atoms with E-state index in [1.54, 1.807) is 25.6 Å². The first-order chi connectivity index (χ1) is 12.7. The number of imidazole rings is 1. The summed E-state index contributed by atoms with van der Waals surface area (Å²) in [6.07, 6.45) is 6.38. The van der Waals surface area contributed by atoms with Crippen LogP contribution in [0.25, 0.3) is 5.69 Å². The van der Waals surface area contributed by atoms with E-state index < -0.39 is 6.09 Å². The molecule has 0 atom stereocenters. The van der Waals surface area contributed by atoms with Crippen molar-refractivity contribution in [2.24, 2.45) is 0 Å². The average molecular weight is 353 g/mol. The molecule has 132 valence electrons. The third-order valence-electron chi connectivity index (χ3n) is 3.67. The standard InChI is InChI=1S/C15H15N9O2/c1-10-20-13(22-14(21-10)24-4-5-26-15(24)25)16-6-11-8-23(9-17-11)12-2-3-18-19-7-12/h2-3,7-9H,4-6H2,1H3,(H,16,20,21,22). The number of cyclic esters (lactones) is 1. The number of hydrogen-bond donors (Lipinski definition) is 1. The van der Waals surface area contributed by atoms with Crippen molar-refractivity contribution in [2.75, 3.05) is 23.4 Å². The zero-order valence-corrected chi connectivity index (χ0v) is 13.9. The molecule has 0 spiro atoms. The highest BCUT2D eigenvalue weighted by Gasteiger charge is 2.26. The highest BCUT2D eigenvalue weighted by Crippen LogP contribution is 2.16. The molecule has 1 aliphatic rings. The van der Waals surface area contributed by atoms with Crippen LogP contribution >= 0.6 is 0 Å². The zero-order chi connectivity index (χ0) is 17.9. The zero-order valence-electron chi connectivity index (χ0n) is 13.9. The summed E-state index contributed by atoms with van der Waals surface area (Å²) in [5.74, 6) is 1.15. The molecule has 0 bridgehead atoms. The number of nitrogens with zero attached hydrogens (tertiary/aromatic N) is 8. The quantitative estimate of drug-likeness (QED) is 0.706. The van der Waals surface area contributed by atoms with E-state index in [4.69, 9.17) is 4.74 Å². The van der Waals surface area contributed by atoms with Gasteiger partial charge in [0.05, 0.1) is 43.2 Å². The molecule has 1 aliphatic heterocycles. The molecule has 1 saturated heterocycles. The summed E-state index contributed by atoms with van der Waals surface area (Å²) in [5, 5.41) is 10.7. The Bertz CT molecular complexity index is 928. The van der Waals surface area contributed by atoms with Gasteiger partial charge < -0.3 is 14.6 Å². The van der Waals surface area contributed by atoms with E-state index in [9.17, 15) is 4.79 Å². The van der Waals surface area contributed by atoms with Gasteiger partial charge in [-0.05, 0) is 13.0 Å². The lowest BCUT2D eigenvalue weighted by atomic mass is 10.4. The van der Waals surface area contributed by atoms with Gasteiger partial charge in [0, 0.05) is 6.20 Å². The lowest BCUT2D eigenvalue weighted by Gasteiger charge is -2.12. The molecule has 3 aromatic heterocycles. The number of nitrogens with one attached hydrogen (secondary N) is 1. The van der Waals surface area contributed by atoms with Gasteiger partial charge >= 0.3 is 6.09 Å². The van der Waals surface area contributed by atoms with E-state index in [0.29, 0.717) is 31.5 Å². The SMILES string of the molecule is Cc1nc(NCc2cn(-c3ccnnc3)cn2)nc(N2CCOC2=O)n1. The lowest BCUT2D eigenvalue weighted by Crippen LogP contribution is -2.26. The smallest absolute Gasteiger partial charge is 0.416 e. The number of aryl methyl sites for hydroxylation is 1. The van der Waals surface area contributed by atoms with Crippen molar-refractivity contribution in [2.45, 2.75) is 13.5 Å². The Morgan fingerprint density at radius 1 is 1.27 bits per heavy atom. The van der Waals surface area contributed by atoms with Crippen LogP contribution in [0.3, 0.4) is 0 Å². The van der Waals surface area contributed by atoms with Crippen molar-refractivity contribution in [1.29, 1.82) is 0 Å². The highest BCUT2D eigenvalue weighted by molar-refractivity contribution is 5.87. The summed E-state index contributed by atoms with van der Waals surface area (Å²) < 4.78 is 6.76. The van der Waals surface area contributed by atoms with Gasteiger partial charge in [-0.2, -0.15) is 25.1 Å². The molecule has 0 aromatic carbocycles. The van der Waals surface area contributed by atoms with Gasteiger partial charge in [0.1, 0.15) is 12.4 Å². The molecule has 26 heavy (non-hydrogen) atoms. The van der Waals surface area contributed by atoms with E-state index in [1.807, 2.05) is 16.8 Å². The van der Waals surface area contributed by atoms with Crippen LogP contribution in [0.1, 0.15) is 11.5 Å². The van der Waals surface area contributed by atoms with Crippen LogP contribution in [0.5, 0.6) is 0 Å². The summed E-state index contributed by atoms with van der Waals surface area (Å²) in [5.41, 5.74) is 1.66. The van der Waals surface area contributed by atoms with Gasteiger partial charge in [0.15, 0.2) is 0 Å². The fraction of sp³-hybridized carbons (Fsp3) is 0.267.